The number of rotatable bonds is 7. The predicted molar refractivity (Wildman–Crippen MR) is 87.1 cm³/mol. The SMILES string of the molecule is COCCOCC(=O)N1CCCC(C(=O)Nc2ccccc2)C1. The Morgan fingerprint density at radius 3 is 2.78 bits per heavy atom. The van der Waals surface area contributed by atoms with Gasteiger partial charge in [0.25, 0.3) is 0 Å². The zero-order valence-corrected chi connectivity index (χ0v) is 13.5. The molecule has 6 nitrogen and oxygen atoms in total. The topological polar surface area (TPSA) is 67.9 Å². The minimum absolute atomic E-state index is 0.0333. The quantitative estimate of drug-likeness (QED) is 0.774. The van der Waals surface area contributed by atoms with Crippen LogP contribution in [0.15, 0.2) is 30.3 Å². The Balaban J connectivity index is 1.80. The number of likely N-dealkylation sites (tertiary alicyclic amines) is 1. The first-order valence-corrected chi connectivity index (χ1v) is 7.91. The Morgan fingerprint density at radius 2 is 2.04 bits per heavy atom. The molecule has 0 saturated carbocycles. The van der Waals surface area contributed by atoms with Gasteiger partial charge < -0.3 is 19.7 Å². The van der Waals surface area contributed by atoms with Gasteiger partial charge in [-0.1, -0.05) is 18.2 Å². The molecule has 0 bridgehead atoms. The maximum atomic E-state index is 12.3. The number of hydrogen-bond acceptors (Lipinski definition) is 4. The third kappa shape index (κ3) is 5.65. The van der Waals surface area contributed by atoms with Gasteiger partial charge in [-0.2, -0.15) is 0 Å². The number of carbonyl (C=O) groups is 2. The largest absolute Gasteiger partial charge is 0.382 e. The first-order chi connectivity index (χ1) is 11.2. The average molecular weight is 320 g/mol. The molecule has 23 heavy (non-hydrogen) atoms. The molecule has 126 valence electrons. The van der Waals surface area contributed by atoms with Crippen LogP contribution in [0.4, 0.5) is 5.69 Å². The van der Waals surface area contributed by atoms with Gasteiger partial charge in [-0.05, 0) is 25.0 Å². The zero-order chi connectivity index (χ0) is 16.5. The Hall–Kier alpha value is -1.92. The van der Waals surface area contributed by atoms with E-state index in [1.807, 2.05) is 30.3 Å². The highest BCUT2D eigenvalue weighted by Crippen LogP contribution is 2.19. The maximum Gasteiger partial charge on any atom is 0.248 e. The van der Waals surface area contributed by atoms with E-state index in [4.69, 9.17) is 9.47 Å². The third-order valence-corrected chi connectivity index (χ3v) is 3.84. The first kappa shape index (κ1) is 17.4. The smallest absolute Gasteiger partial charge is 0.248 e. The van der Waals surface area contributed by atoms with E-state index in [1.54, 1.807) is 12.0 Å². The van der Waals surface area contributed by atoms with Crippen molar-refractivity contribution in [2.45, 2.75) is 12.8 Å². The lowest BCUT2D eigenvalue weighted by molar-refractivity contribution is -0.139. The summed E-state index contributed by atoms with van der Waals surface area (Å²) < 4.78 is 10.1. The predicted octanol–water partition coefficient (Wildman–Crippen LogP) is 1.53. The molecule has 1 fully saturated rings. The summed E-state index contributed by atoms with van der Waals surface area (Å²) in [4.78, 5) is 26.2. The molecule has 0 spiro atoms. The number of amides is 2. The summed E-state index contributed by atoms with van der Waals surface area (Å²) in [5.41, 5.74) is 0.781. The van der Waals surface area contributed by atoms with Gasteiger partial charge in [0.1, 0.15) is 6.61 Å². The maximum absolute atomic E-state index is 12.3. The van der Waals surface area contributed by atoms with E-state index < -0.39 is 0 Å². The second-order valence-electron chi connectivity index (χ2n) is 5.58. The lowest BCUT2D eigenvalue weighted by atomic mass is 9.97. The molecular weight excluding hydrogens is 296 g/mol. The molecule has 1 aromatic carbocycles. The van der Waals surface area contributed by atoms with Crippen molar-refractivity contribution >= 4 is 17.5 Å². The first-order valence-electron chi connectivity index (χ1n) is 7.91. The van der Waals surface area contributed by atoms with Gasteiger partial charge in [-0.15, -0.1) is 0 Å². The van der Waals surface area contributed by atoms with Gasteiger partial charge >= 0.3 is 0 Å². The van der Waals surface area contributed by atoms with Gasteiger partial charge in [-0.25, -0.2) is 0 Å². The summed E-state index contributed by atoms with van der Waals surface area (Å²) >= 11 is 0. The van der Waals surface area contributed by atoms with E-state index in [-0.39, 0.29) is 24.3 Å². The van der Waals surface area contributed by atoms with Crippen LogP contribution in [-0.2, 0) is 19.1 Å². The van der Waals surface area contributed by atoms with Crippen LogP contribution < -0.4 is 5.32 Å². The second-order valence-corrected chi connectivity index (χ2v) is 5.58. The number of methoxy groups -OCH3 is 1. The molecular formula is C17H24N2O4. The number of ether oxygens (including phenoxy) is 2. The molecule has 6 heteroatoms. The van der Waals surface area contributed by atoms with Crippen molar-refractivity contribution in [2.24, 2.45) is 5.92 Å². The molecule has 0 aromatic heterocycles. The molecule has 2 rings (SSSR count). The molecule has 1 N–H and O–H groups in total. The minimum atomic E-state index is -0.174. The molecule has 0 aliphatic carbocycles. The van der Waals surface area contributed by atoms with Crippen LogP contribution in [0, 0.1) is 5.92 Å². The molecule has 1 aromatic rings. The summed E-state index contributed by atoms with van der Waals surface area (Å²) in [6.07, 6.45) is 1.63. The van der Waals surface area contributed by atoms with E-state index in [0.717, 1.165) is 18.5 Å². The monoisotopic (exact) mass is 320 g/mol. The number of benzene rings is 1. The fourth-order valence-electron chi connectivity index (χ4n) is 2.58. The molecule has 0 radical (unpaired) electrons. The molecule has 1 heterocycles. The number of nitrogens with one attached hydrogen (secondary N) is 1. The summed E-state index contributed by atoms with van der Waals surface area (Å²) in [7, 11) is 1.59. The van der Waals surface area contributed by atoms with Crippen LogP contribution in [0.2, 0.25) is 0 Å². The second kappa shape index (κ2) is 9.27. The summed E-state index contributed by atoms with van der Waals surface area (Å²) in [6.45, 7) is 2.03. The number of para-hydroxylation sites is 1. The number of piperidine rings is 1. The van der Waals surface area contributed by atoms with Gasteiger partial charge in [0.15, 0.2) is 0 Å². The standard InChI is InChI=1S/C17H24N2O4/c1-22-10-11-23-13-16(20)19-9-5-6-14(12-19)17(21)18-15-7-3-2-4-8-15/h2-4,7-8,14H,5-6,9-13H2,1H3,(H,18,21). The summed E-state index contributed by atoms with van der Waals surface area (Å²) in [6, 6.07) is 9.37. The number of anilines is 1. The molecule has 1 unspecified atom stereocenters. The van der Waals surface area contributed by atoms with Crippen molar-refractivity contribution in [1.29, 1.82) is 0 Å². The molecule has 1 aliphatic heterocycles. The molecule has 1 atom stereocenters. The van der Waals surface area contributed by atoms with Crippen molar-refractivity contribution in [2.75, 3.05) is 45.3 Å². The van der Waals surface area contributed by atoms with E-state index in [1.165, 1.54) is 0 Å². The number of carbonyl (C=O) groups excluding carboxylic acids is 2. The average Bonchev–Trinajstić information content (AvgIpc) is 2.59. The van der Waals surface area contributed by atoms with Gasteiger partial charge in [-0.3, -0.25) is 9.59 Å². The lowest BCUT2D eigenvalue weighted by Crippen LogP contribution is -2.45. The van der Waals surface area contributed by atoms with Crippen LogP contribution >= 0.6 is 0 Å². The Labute approximate surface area is 136 Å². The fraction of sp³-hybridized carbons (Fsp3) is 0.529. The number of hydrogen-bond donors (Lipinski definition) is 1. The van der Waals surface area contributed by atoms with E-state index >= 15 is 0 Å². The van der Waals surface area contributed by atoms with Crippen molar-refractivity contribution < 1.29 is 19.1 Å². The zero-order valence-electron chi connectivity index (χ0n) is 13.5. The molecule has 2 amide bonds. The Morgan fingerprint density at radius 1 is 1.26 bits per heavy atom. The molecule has 1 aliphatic rings. The van der Waals surface area contributed by atoms with Crippen LogP contribution in [0.5, 0.6) is 0 Å². The normalized spacial score (nSPS) is 17.8. The van der Waals surface area contributed by atoms with Crippen LogP contribution in [0.3, 0.4) is 0 Å². The van der Waals surface area contributed by atoms with Crippen LogP contribution in [0.1, 0.15) is 12.8 Å². The summed E-state index contributed by atoms with van der Waals surface area (Å²) in [5, 5.41) is 2.91. The number of nitrogens with zero attached hydrogens (tertiary/aromatic N) is 1. The highest BCUT2D eigenvalue weighted by Gasteiger charge is 2.28. The van der Waals surface area contributed by atoms with Crippen molar-refractivity contribution in [3.05, 3.63) is 30.3 Å². The van der Waals surface area contributed by atoms with Gasteiger partial charge in [0, 0.05) is 25.9 Å². The Bertz CT molecular complexity index is 507. The molecule has 1 saturated heterocycles. The third-order valence-electron chi connectivity index (χ3n) is 3.84. The van der Waals surface area contributed by atoms with Crippen molar-refractivity contribution in [3.63, 3.8) is 0 Å². The highest BCUT2D eigenvalue weighted by atomic mass is 16.5. The van der Waals surface area contributed by atoms with E-state index in [9.17, 15) is 9.59 Å². The lowest BCUT2D eigenvalue weighted by Gasteiger charge is -2.32. The Kier molecular flexibility index (Phi) is 7.03. The summed E-state index contributed by atoms with van der Waals surface area (Å²) in [5.74, 6) is -0.279. The van der Waals surface area contributed by atoms with Crippen LogP contribution in [-0.4, -0.2) is 56.7 Å². The van der Waals surface area contributed by atoms with E-state index in [0.29, 0.717) is 26.3 Å². The van der Waals surface area contributed by atoms with Crippen molar-refractivity contribution in [1.82, 2.24) is 4.90 Å². The highest BCUT2D eigenvalue weighted by molar-refractivity contribution is 5.93. The van der Waals surface area contributed by atoms with Gasteiger partial charge in [0.2, 0.25) is 11.8 Å². The van der Waals surface area contributed by atoms with Crippen molar-refractivity contribution in [3.8, 4) is 0 Å². The van der Waals surface area contributed by atoms with Crippen LogP contribution in [0.25, 0.3) is 0 Å². The van der Waals surface area contributed by atoms with E-state index in [2.05, 4.69) is 5.32 Å². The fourth-order valence-corrected chi connectivity index (χ4v) is 2.58. The van der Waals surface area contributed by atoms with Gasteiger partial charge in [0.05, 0.1) is 19.1 Å². The minimum Gasteiger partial charge on any atom is -0.382 e.